The molecule has 0 saturated carbocycles. The van der Waals surface area contributed by atoms with Crippen LogP contribution in [-0.4, -0.2) is 15.9 Å². The maximum atomic E-state index is 11.7. The molecule has 1 aromatic carbocycles. The Balaban J connectivity index is 2.14. The Morgan fingerprint density at radius 1 is 1.24 bits per heavy atom. The number of nitrogens with two attached hydrogens (primary N) is 1. The van der Waals surface area contributed by atoms with Crippen LogP contribution in [0.4, 0.5) is 11.5 Å². The second kappa shape index (κ2) is 4.80. The molecule has 17 heavy (non-hydrogen) atoms. The number of hydrogen-bond donors (Lipinski definition) is 2. The van der Waals surface area contributed by atoms with Crippen molar-refractivity contribution in [2.75, 3.05) is 11.1 Å². The summed E-state index contributed by atoms with van der Waals surface area (Å²) in [5.74, 6) is -0.166. The molecule has 0 unspecified atom stereocenters. The Morgan fingerprint density at radius 2 is 1.94 bits per heavy atom. The first-order valence-electron chi connectivity index (χ1n) is 4.79. The van der Waals surface area contributed by atoms with Crippen LogP contribution in [0.5, 0.6) is 0 Å². The van der Waals surface area contributed by atoms with Crippen LogP contribution in [0.1, 0.15) is 10.5 Å². The number of carbonyl (C=O) groups excluding carboxylic acids is 1. The highest BCUT2D eigenvalue weighted by Gasteiger charge is 2.08. The van der Waals surface area contributed by atoms with E-state index >= 15 is 0 Å². The zero-order valence-electron chi connectivity index (χ0n) is 8.72. The molecule has 86 valence electrons. The van der Waals surface area contributed by atoms with E-state index in [1.54, 1.807) is 24.3 Å². The maximum absolute atomic E-state index is 11.7. The smallest absolute Gasteiger partial charge is 0.275 e. The number of nitrogens with one attached hydrogen (secondary N) is 1. The average molecular weight is 249 g/mol. The van der Waals surface area contributed by atoms with Crippen molar-refractivity contribution < 1.29 is 4.79 Å². The lowest BCUT2D eigenvalue weighted by atomic mass is 10.3. The van der Waals surface area contributed by atoms with Gasteiger partial charge in [-0.2, -0.15) is 0 Å². The molecule has 0 atom stereocenters. The Labute approximate surface area is 103 Å². The van der Waals surface area contributed by atoms with Gasteiger partial charge in [0, 0.05) is 10.7 Å². The average Bonchev–Trinajstić information content (AvgIpc) is 2.32. The molecular formula is C11H9ClN4O. The van der Waals surface area contributed by atoms with Gasteiger partial charge in [0.1, 0.15) is 11.5 Å². The first kappa shape index (κ1) is 11.3. The zero-order chi connectivity index (χ0) is 12.3. The standard InChI is InChI=1S/C11H9ClN4O/c12-7-1-3-8(4-2-7)15-11(17)9-5-14-6-10(13)16-9/h1-6H,(H2,13,16)(H,15,17). The lowest BCUT2D eigenvalue weighted by Gasteiger charge is -2.04. The van der Waals surface area contributed by atoms with Gasteiger partial charge in [-0.25, -0.2) is 4.98 Å². The van der Waals surface area contributed by atoms with Gasteiger partial charge in [-0.3, -0.25) is 9.78 Å². The summed E-state index contributed by atoms with van der Waals surface area (Å²) in [6.07, 6.45) is 2.72. The van der Waals surface area contributed by atoms with E-state index in [0.29, 0.717) is 10.7 Å². The highest BCUT2D eigenvalue weighted by atomic mass is 35.5. The number of aromatic nitrogens is 2. The number of carbonyl (C=O) groups is 1. The van der Waals surface area contributed by atoms with Crippen LogP contribution in [0.15, 0.2) is 36.7 Å². The van der Waals surface area contributed by atoms with E-state index in [-0.39, 0.29) is 17.4 Å². The third kappa shape index (κ3) is 2.92. The van der Waals surface area contributed by atoms with Crippen LogP contribution >= 0.6 is 11.6 Å². The highest BCUT2D eigenvalue weighted by Crippen LogP contribution is 2.14. The van der Waals surface area contributed by atoms with Crippen LogP contribution in [0.3, 0.4) is 0 Å². The Kier molecular flexibility index (Phi) is 3.20. The third-order valence-electron chi connectivity index (χ3n) is 1.99. The Bertz CT molecular complexity index is 541. The Hall–Kier alpha value is -2.14. The van der Waals surface area contributed by atoms with Gasteiger partial charge in [0.15, 0.2) is 0 Å². The van der Waals surface area contributed by atoms with Crippen molar-refractivity contribution in [2.45, 2.75) is 0 Å². The fraction of sp³-hybridized carbons (Fsp3) is 0. The van der Waals surface area contributed by atoms with Gasteiger partial charge in [0.05, 0.1) is 12.4 Å². The Morgan fingerprint density at radius 3 is 2.59 bits per heavy atom. The molecule has 3 N–H and O–H groups in total. The minimum Gasteiger partial charge on any atom is -0.382 e. The van der Waals surface area contributed by atoms with E-state index < -0.39 is 0 Å². The molecule has 1 heterocycles. The minimum atomic E-state index is -0.368. The molecule has 6 heteroatoms. The van der Waals surface area contributed by atoms with Crippen molar-refractivity contribution in [1.82, 2.24) is 9.97 Å². The molecule has 2 rings (SSSR count). The number of rotatable bonds is 2. The molecule has 2 aromatic rings. The van der Waals surface area contributed by atoms with Crippen LogP contribution in [0, 0.1) is 0 Å². The maximum Gasteiger partial charge on any atom is 0.275 e. The summed E-state index contributed by atoms with van der Waals surface area (Å²) >= 11 is 5.73. The van der Waals surface area contributed by atoms with Gasteiger partial charge in [-0.15, -0.1) is 0 Å². The number of amides is 1. The number of anilines is 2. The fourth-order valence-electron chi connectivity index (χ4n) is 1.22. The lowest BCUT2D eigenvalue weighted by molar-refractivity contribution is 0.102. The summed E-state index contributed by atoms with van der Waals surface area (Å²) in [4.78, 5) is 19.4. The van der Waals surface area contributed by atoms with Gasteiger partial charge >= 0.3 is 0 Å². The van der Waals surface area contributed by atoms with Crippen LogP contribution in [0.2, 0.25) is 5.02 Å². The summed E-state index contributed by atoms with van der Waals surface area (Å²) in [5.41, 5.74) is 6.23. The van der Waals surface area contributed by atoms with Crippen LogP contribution in [-0.2, 0) is 0 Å². The summed E-state index contributed by atoms with van der Waals surface area (Å²) < 4.78 is 0. The molecule has 1 aromatic heterocycles. The van der Waals surface area contributed by atoms with E-state index in [2.05, 4.69) is 15.3 Å². The second-order valence-electron chi connectivity index (χ2n) is 3.29. The van der Waals surface area contributed by atoms with Crippen molar-refractivity contribution in [3.63, 3.8) is 0 Å². The molecule has 0 aliphatic rings. The number of halogens is 1. The third-order valence-corrected chi connectivity index (χ3v) is 2.24. The summed E-state index contributed by atoms with van der Waals surface area (Å²) in [6.45, 7) is 0. The van der Waals surface area contributed by atoms with Crippen molar-refractivity contribution in [3.8, 4) is 0 Å². The van der Waals surface area contributed by atoms with E-state index in [1.165, 1.54) is 12.4 Å². The molecule has 0 spiro atoms. The normalized spacial score (nSPS) is 9.94. The topological polar surface area (TPSA) is 80.9 Å². The van der Waals surface area contributed by atoms with Crippen molar-refractivity contribution in [2.24, 2.45) is 0 Å². The predicted octanol–water partition coefficient (Wildman–Crippen LogP) is 1.96. The number of hydrogen-bond acceptors (Lipinski definition) is 4. The van der Waals surface area contributed by atoms with Crippen LogP contribution in [0.25, 0.3) is 0 Å². The fourth-order valence-corrected chi connectivity index (χ4v) is 1.34. The largest absolute Gasteiger partial charge is 0.382 e. The monoisotopic (exact) mass is 248 g/mol. The van der Waals surface area contributed by atoms with E-state index in [0.717, 1.165) is 0 Å². The number of nitrogens with zero attached hydrogens (tertiary/aromatic N) is 2. The summed E-state index contributed by atoms with van der Waals surface area (Å²) in [7, 11) is 0. The van der Waals surface area contributed by atoms with E-state index in [9.17, 15) is 4.79 Å². The number of benzene rings is 1. The van der Waals surface area contributed by atoms with Crippen LogP contribution < -0.4 is 11.1 Å². The van der Waals surface area contributed by atoms with Gasteiger partial charge < -0.3 is 11.1 Å². The molecule has 1 amide bonds. The van der Waals surface area contributed by atoms with E-state index in [1.807, 2.05) is 0 Å². The molecule has 0 radical (unpaired) electrons. The first-order valence-corrected chi connectivity index (χ1v) is 5.17. The quantitative estimate of drug-likeness (QED) is 0.851. The first-order chi connectivity index (χ1) is 8.15. The van der Waals surface area contributed by atoms with Gasteiger partial charge in [0.25, 0.3) is 5.91 Å². The molecule has 0 saturated heterocycles. The van der Waals surface area contributed by atoms with Crippen molar-refractivity contribution in [1.29, 1.82) is 0 Å². The summed E-state index contributed by atoms with van der Waals surface area (Å²) in [5, 5.41) is 3.26. The SMILES string of the molecule is Nc1cncc(C(=O)Nc2ccc(Cl)cc2)n1. The zero-order valence-corrected chi connectivity index (χ0v) is 9.48. The highest BCUT2D eigenvalue weighted by molar-refractivity contribution is 6.30. The molecule has 0 aliphatic carbocycles. The van der Waals surface area contributed by atoms with Gasteiger partial charge in [-0.05, 0) is 24.3 Å². The summed E-state index contributed by atoms with van der Waals surface area (Å²) in [6, 6.07) is 6.75. The molecule has 5 nitrogen and oxygen atoms in total. The molecular weight excluding hydrogens is 240 g/mol. The van der Waals surface area contributed by atoms with Crippen molar-refractivity contribution >= 4 is 29.0 Å². The molecule has 0 bridgehead atoms. The van der Waals surface area contributed by atoms with E-state index in [4.69, 9.17) is 17.3 Å². The lowest BCUT2D eigenvalue weighted by Crippen LogP contribution is -2.14. The second-order valence-corrected chi connectivity index (χ2v) is 3.73. The number of nitrogen functional groups attached to an aromatic ring is 1. The predicted molar refractivity (Wildman–Crippen MR) is 65.8 cm³/mol. The minimum absolute atomic E-state index is 0.167. The molecule has 0 aliphatic heterocycles. The molecule has 0 fully saturated rings. The van der Waals surface area contributed by atoms with Gasteiger partial charge in [0.2, 0.25) is 0 Å². The van der Waals surface area contributed by atoms with Gasteiger partial charge in [-0.1, -0.05) is 11.6 Å². The van der Waals surface area contributed by atoms with Crippen molar-refractivity contribution in [3.05, 3.63) is 47.4 Å².